The molecular formula is C25H30N2O4. The maximum absolute atomic E-state index is 12.2. The second-order valence-corrected chi connectivity index (χ2v) is 8.09. The number of aromatic nitrogens is 1. The highest BCUT2D eigenvalue weighted by Gasteiger charge is 2.16. The predicted octanol–water partition coefficient (Wildman–Crippen LogP) is 5.22. The summed E-state index contributed by atoms with van der Waals surface area (Å²) < 4.78 is 1.53. The van der Waals surface area contributed by atoms with Gasteiger partial charge in [-0.1, -0.05) is 24.3 Å². The van der Waals surface area contributed by atoms with Crippen LogP contribution in [0.2, 0.25) is 0 Å². The number of aldehydes is 1. The smallest absolute Gasteiger partial charge is 0.341 e. The van der Waals surface area contributed by atoms with Crippen LogP contribution < -0.4 is 10.9 Å². The first kappa shape index (κ1) is 23.9. The molecule has 6 nitrogen and oxygen atoms in total. The summed E-state index contributed by atoms with van der Waals surface area (Å²) in [6.07, 6.45) is 0.903. The zero-order chi connectivity index (χ0) is 23.3. The first-order chi connectivity index (χ1) is 14.6. The minimum Gasteiger partial charge on any atom is -0.477 e. The minimum atomic E-state index is -1.18. The van der Waals surface area contributed by atoms with Gasteiger partial charge in [0.05, 0.1) is 5.52 Å². The number of anilines is 1. The number of aryl methyl sites for hydroxylation is 2. The molecule has 0 atom stereocenters. The molecule has 31 heavy (non-hydrogen) atoms. The highest BCUT2D eigenvalue weighted by atomic mass is 16.4. The summed E-state index contributed by atoms with van der Waals surface area (Å²) in [7, 11) is 0. The van der Waals surface area contributed by atoms with Gasteiger partial charge in [-0.15, -0.1) is 0 Å². The van der Waals surface area contributed by atoms with E-state index in [9.17, 15) is 14.4 Å². The lowest BCUT2D eigenvalue weighted by Crippen LogP contribution is -2.28. The summed E-state index contributed by atoms with van der Waals surface area (Å²) in [5.41, 5.74) is 3.81. The van der Waals surface area contributed by atoms with Gasteiger partial charge >= 0.3 is 5.97 Å². The average Bonchev–Trinajstić information content (AvgIpc) is 2.67. The molecule has 2 N–H and O–H groups in total. The summed E-state index contributed by atoms with van der Waals surface area (Å²) in [5.74, 6) is -1.18. The molecule has 0 aliphatic rings. The van der Waals surface area contributed by atoms with Gasteiger partial charge in [0.2, 0.25) is 0 Å². The third-order valence-electron chi connectivity index (χ3n) is 4.93. The van der Waals surface area contributed by atoms with Gasteiger partial charge in [0, 0.05) is 28.7 Å². The fourth-order valence-electron chi connectivity index (χ4n) is 3.45. The second-order valence-electron chi connectivity index (χ2n) is 8.09. The molecule has 3 rings (SSSR count). The predicted molar refractivity (Wildman–Crippen MR) is 126 cm³/mol. The number of rotatable bonds is 5. The van der Waals surface area contributed by atoms with Crippen LogP contribution >= 0.6 is 0 Å². The van der Waals surface area contributed by atoms with E-state index in [2.05, 4.69) is 19.2 Å². The maximum Gasteiger partial charge on any atom is 0.341 e. The van der Waals surface area contributed by atoms with Crippen molar-refractivity contribution >= 4 is 28.8 Å². The van der Waals surface area contributed by atoms with Crippen molar-refractivity contribution in [1.29, 1.82) is 0 Å². The lowest BCUT2D eigenvalue weighted by molar-refractivity contribution is 0.0694. The molecule has 0 amide bonds. The highest BCUT2D eigenvalue weighted by molar-refractivity contribution is 5.93. The number of carboxylic acids is 1. The zero-order valence-corrected chi connectivity index (χ0v) is 18.9. The molecule has 1 heterocycles. The van der Waals surface area contributed by atoms with Crippen molar-refractivity contribution < 1.29 is 14.7 Å². The molecule has 0 fully saturated rings. The maximum atomic E-state index is 12.2. The van der Waals surface area contributed by atoms with Gasteiger partial charge in [-0.05, 0) is 70.9 Å². The van der Waals surface area contributed by atoms with Gasteiger partial charge in [-0.3, -0.25) is 9.59 Å². The van der Waals surface area contributed by atoms with Crippen molar-refractivity contribution in [2.45, 2.75) is 53.6 Å². The van der Waals surface area contributed by atoms with Crippen LogP contribution in [0.15, 0.2) is 47.3 Å². The molecule has 0 spiro atoms. The van der Waals surface area contributed by atoms with Crippen LogP contribution in [0.3, 0.4) is 0 Å². The van der Waals surface area contributed by atoms with E-state index in [1.807, 2.05) is 64.1 Å². The van der Waals surface area contributed by atoms with E-state index in [1.54, 1.807) is 0 Å². The van der Waals surface area contributed by atoms with E-state index in [-0.39, 0.29) is 11.6 Å². The Morgan fingerprint density at radius 3 is 2.19 bits per heavy atom. The van der Waals surface area contributed by atoms with Crippen LogP contribution in [0.1, 0.15) is 65.6 Å². The molecule has 0 aliphatic carbocycles. The van der Waals surface area contributed by atoms with E-state index >= 15 is 0 Å². The van der Waals surface area contributed by atoms with E-state index in [1.165, 1.54) is 10.6 Å². The fourth-order valence-corrected chi connectivity index (χ4v) is 3.45. The Morgan fingerprint density at radius 1 is 1.03 bits per heavy atom. The summed E-state index contributed by atoms with van der Waals surface area (Å²) in [6.45, 7) is 11.7. The quantitative estimate of drug-likeness (QED) is 0.551. The Labute approximate surface area is 182 Å². The summed E-state index contributed by atoms with van der Waals surface area (Å²) in [5, 5.41) is 13.2. The van der Waals surface area contributed by atoms with Crippen LogP contribution in [0.25, 0.3) is 10.9 Å². The minimum absolute atomic E-state index is 0.0823. The molecule has 0 bridgehead atoms. The zero-order valence-electron chi connectivity index (χ0n) is 18.9. The summed E-state index contributed by atoms with van der Waals surface area (Å²) in [6, 6.07) is 13.2. The van der Waals surface area contributed by atoms with Crippen LogP contribution in [0, 0.1) is 13.8 Å². The second kappa shape index (κ2) is 10.1. The molecule has 3 aromatic rings. The molecule has 0 saturated heterocycles. The third kappa shape index (κ3) is 5.40. The molecule has 0 unspecified atom stereocenters. The Hall–Kier alpha value is -3.41. The topological polar surface area (TPSA) is 88.4 Å². The van der Waals surface area contributed by atoms with Crippen molar-refractivity contribution in [3.8, 4) is 0 Å². The van der Waals surface area contributed by atoms with E-state index in [4.69, 9.17) is 5.11 Å². The normalized spacial score (nSPS) is 10.7. The van der Waals surface area contributed by atoms with Gasteiger partial charge < -0.3 is 15.0 Å². The molecule has 0 saturated carbocycles. The van der Waals surface area contributed by atoms with Crippen LogP contribution in [-0.4, -0.2) is 28.0 Å². The Bertz CT molecular complexity index is 1160. The molecule has 0 aliphatic heterocycles. The van der Waals surface area contributed by atoms with Crippen LogP contribution in [-0.2, 0) is 0 Å². The monoisotopic (exact) mass is 422 g/mol. The SMILES string of the molecule is Cc1cccc(NC(C)C)c1C=O.Cc1cccc2c1cc(C(=O)O)c(=O)n2C(C)C. The number of pyridine rings is 1. The number of nitrogens with one attached hydrogen (secondary N) is 1. The van der Waals surface area contributed by atoms with Crippen molar-refractivity contribution in [2.75, 3.05) is 5.32 Å². The number of hydrogen-bond acceptors (Lipinski definition) is 4. The molecule has 2 aromatic carbocycles. The number of carbonyl (C=O) groups excluding carboxylic acids is 1. The van der Waals surface area contributed by atoms with Crippen LogP contribution in [0.5, 0.6) is 0 Å². The van der Waals surface area contributed by atoms with Gasteiger partial charge in [0.1, 0.15) is 5.56 Å². The molecule has 1 aromatic heterocycles. The molecule has 164 valence electrons. The number of fused-ring (bicyclic) bond motifs is 1. The van der Waals surface area contributed by atoms with E-state index in [0.29, 0.717) is 6.04 Å². The van der Waals surface area contributed by atoms with Crippen LogP contribution in [0.4, 0.5) is 5.69 Å². The Kier molecular flexibility index (Phi) is 7.75. The summed E-state index contributed by atoms with van der Waals surface area (Å²) >= 11 is 0. The van der Waals surface area contributed by atoms with Gasteiger partial charge in [0.25, 0.3) is 5.56 Å². The molecule has 6 heteroatoms. The lowest BCUT2D eigenvalue weighted by atomic mass is 10.1. The number of hydrogen-bond donors (Lipinski definition) is 2. The number of benzene rings is 2. The Balaban J connectivity index is 0.000000233. The van der Waals surface area contributed by atoms with Gasteiger partial charge in [-0.2, -0.15) is 0 Å². The highest BCUT2D eigenvalue weighted by Crippen LogP contribution is 2.21. The fraction of sp³-hybridized carbons (Fsp3) is 0.320. The Morgan fingerprint density at radius 2 is 1.65 bits per heavy atom. The van der Waals surface area contributed by atoms with Crippen molar-refractivity contribution in [2.24, 2.45) is 0 Å². The van der Waals surface area contributed by atoms with E-state index in [0.717, 1.165) is 39.6 Å². The first-order valence-corrected chi connectivity index (χ1v) is 10.3. The van der Waals surface area contributed by atoms with Crippen molar-refractivity contribution in [1.82, 2.24) is 4.57 Å². The third-order valence-corrected chi connectivity index (χ3v) is 4.93. The number of carboxylic acid groups (broad SMARTS) is 1. The van der Waals surface area contributed by atoms with Gasteiger partial charge in [0.15, 0.2) is 6.29 Å². The standard InChI is InChI=1S/C14H15NO3.C11H15NO/c1-8(2)15-12-6-4-5-9(3)10(12)7-11(13(15)16)14(17)18;1-8(2)12-11-6-4-5-9(3)10(11)7-13/h4-8H,1-3H3,(H,17,18);4-8,12H,1-3H3. The molecule has 0 radical (unpaired) electrons. The summed E-state index contributed by atoms with van der Waals surface area (Å²) in [4.78, 5) is 34.1. The number of aromatic carboxylic acids is 1. The van der Waals surface area contributed by atoms with Crippen molar-refractivity contribution in [3.63, 3.8) is 0 Å². The molecular weight excluding hydrogens is 392 g/mol. The average molecular weight is 423 g/mol. The first-order valence-electron chi connectivity index (χ1n) is 10.3. The van der Waals surface area contributed by atoms with E-state index < -0.39 is 11.5 Å². The number of nitrogens with zero attached hydrogens (tertiary/aromatic N) is 1. The van der Waals surface area contributed by atoms with Crippen molar-refractivity contribution in [3.05, 3.63) is 75.1 Å². The lowest BCUT2D eigenvalue weighted by Gasteiger charge is -2.16. The number of carbonyl (C=O) groups is 2. The largest absolute Gasteiger partial charge is 0.477 e. The van der Waals surface area contributed by atoms with Gasteiger partial charge in [-0.25, -0.2) is 4.79 Å².